The van der Waals surface area contributed by atoms with E-state index in [2.05, 4.69) is 25.5 Å². The minimum Gasteiger partial charge on any atom is -0.464 e. The van der Waals surface area contributed by atoms with E-state index in [1.807, 2.05) is 13.8 Å². The summed E-state index contributed by atoms with van der Waals surface area (Å²) in [4.78, 5) is 48.1. The molecule has 0 bridgehead atoms. The SMILES string of the molecule is CC(C)COC(=O)CN1CCS(=O)(=O)c2cc(-c3nc(Nc4cc5c(cc4Cl)CCN(CCNC(=O)OC(C)(C)C)C5)ncc3C(F)(F)F)sc2C1=O. The average molecular weight is 801 g/mol. The van der Waals surface area contributed by atoms with Crippen molar-refractivity contribution in [1.29, 1.82) is 0 Å². The lowest BCUT2D eigenvalue weighted by Crippen LogP contribution is -2.39. The summed E-state index contributed by atoms with van der Waals surface area (Å²) in [6.07, 6.45) is -4.20. The van der Waals surface area contributed by atoms with Crippen molar-refractivity contribution < 1.29 is 45.4 Å². The number of esters is 1. The highest BCUT2D eigenvalue weighted by Gasteiger charge is 2.39. The van der Waals surface area contributed by atoms with Crippen LogP contribution in [0.1, 0.15) is 61.0 Å². The molecule has 0 saturated heterocycles. The van der Waals surface area contributed by atoms with E-state index in [1.54, 1.807) is 32.9 Å². The number of halogens is 4. The van der Waals surface area contributed by atoms with Crippen molar-refractivity contribution in [2.45, 2.75) is 64.3 Å². The summed E-state index contributed by atoms with van der Waals surface area (Å²) in [6.45, 7) is 10.4. The smallest absolute Gasteiger partial charge is 0.420 e. The zero-order chi connectivity index (χ0) is 38.9. The summed E-state index contributed by atoms with van der Waals surface area (Å²) in [5.74, 6) is -2.33. The zero-order valence-electron chi connectivity index (χ0n) is 29.7. The predicted octanol–water partition coefficient (Wildman–Crippen LogP) is 5.93. The monoisotopic (exact) mass is 800 g/mol. The molecule has 2 N–H and O–H groups in total. The number of aromatic nitrogens is 2. The van der Waals surface area contributed by atoms with Gasteiger partial charge in [0, 0.05) is 38.9 Å². The number of hydrogen-bond acceptors (Lipinski definition) is 12. The Morgan fingerprint density at radius 2 is 1.85 bits per heavy atom. The molecule has 1 aromatic carbocycles. The number of ether oxygens (including phenoxy) is 2. The summed E-state index contributed by atoms with van der Waals surface area (Å²) >= 11 is 7.12. The lowest BCUT2D eigenvalue weighted by atomic mass is 9.99. The number of nitrogens with one attached hydrogen (secondary N) is 2. The summed E-state index contributed by atoms with van der Waals surface area (Å²) < 4.78 is 79.8. The van der Waals surface area contributed by atoms with Crippen LogP contribution in [0.3, 0.4) is 0 Å². The van der Waals surface area contributed by atoms with Gasteiger partial charge in [0.15, 0.2) is 9.84 Å². The Hall–Kier alpha value is -4.00. The van der Waals surface area contributed by atoms with Gasteiger partial charge in [-0.05, 0) is 62.4 Å². The van der Waals surface area contributed by atoms with Crippen molar-refractivity contribution in [1.82, 2.24) is 25.1 Å². The van der Waals surface area contributed by atoms with Gasteiger partial charge in [-0.1, -0.05) is 25.4 Å². The van der Waals surface area contributed by atoms with E-state index in [-0.39, 0.29) is 39.8 Å². The van der Waals surface area contributed by atoms with Gasteiger partial charge < -0.3 is 25.0 Å². The first-order chi connectivity index (χ1) is 24.7. The molecule has 288 valence electrons. The van der Waals surface area contributed by atoms with Gasteiger partial charge in [0.1, 0.15) is 22.6 Å². The highest BCUT2D eigenvalue weighted by molar-refractivity contribution is 7.91. The Labute approximate surface area is 314 Å². The van der Waals surface area contributed by atoms with E-state index in [4.69, 9.17) is 21.1 Å². The summed E-state index contributed by atoms with van der Waals surface area (Å²) in [5.41, 5.74) is -0.300. The molecule has 0 aliphatic carbocycles. The molecular weight excluding hydrogens is 761 g/mol. The van der Waals surface area contributed by atoms with Gasteiger partial charge in [0.05, 0.1) is 38.5 Å². The number of rotatable bonds is 10. The van der Waals surface area contributed by atoms with Crippen LogP contribution in [0.4, 0.5) is 29.6 Å². The first-order valence-corrected chi connectivity index (χ1v) is 19.6. The molecule has 2 aromatic heterocycles. The molecular formula is C34H40ClF3N6O7S2. The highest BCUT2D eigenvalue weighted by Crippen LogP contribution is 2.42. The quantitative estimate of drug-likeness (QED) is 0.234. The Balaban J connectivity index is 1.39. The molecule has 53 heavy (non-hydrogen) atoms. The lowest BCUT2D eigenvalue weighted by molar-refractivity contribution is -0.145. The minimum absolute atomic E-state index is 0.0283. The van der Waals surface area contributed by atoms with Gasteiger partial charge in [0.2, 0.25) is 5.95 Å². The molecule has 3 aromatic rings. The van der Waals surface area contributed by atoms with Crippen molar-refractivity contribution >= 4 is 62.4 Å². The second-order valence-electron chi connectivity index (χ2n) is 14.1. The first kappa shape index (κ1) is 40.2. The van der Waals surface area contributed by atoms with Gasteiger partial charge in [0.25, 0.3) is 5.91 Å². The fourth-order valence-electron chi connectivity index (χ4n) is 5.58. The number of nitrogens with zero attached hydrogens (tertiary/aromatic N) is 4. The number of thiophene rings is 1. The molecule has 2 amide bonds. The van der Waals surface area contributed by atoms with Crippen LogP contribution >= 0.6 is 22.9 Å². The molecule has 0 spiro atoms. The fraction of sp³-hybridized carbons (Fsp3) is 0.500. The molecule has 0 atom stereocenters. The minimum atomic E-state index is -4.93. The largest absolute Gasteiger partial charge is 0.464 e. The normalized spacial score (nSPS) is 16.1. The molecule has 19 heteroatoms. The van der Waals surface area contributed by atoms with Crippen LogP contribution in [-0.2, 0) is 43.2 Å². The molecule has 0 saturated carbocycles. The van der Waals surface area contributed by atoms with Gasteiger partial charge in [-0.3, -0.25) is 14.5 Å². The number of carbonyl (C=O) groups excluding carboxylic acids is 3. The number of benzene rings is 1. The summed E-state index contributed by atoms with van der Waals surface area (Å²) in [7, 11) is -4.13. The molecule has 4 heterocycles. The Morgan fingerprint density at radius 3 is 2.53 bits per heavy atom. The Morgan fingerprint density at radius 1 is 1.11 bits per heavy atom. The molecule has 13 nitrogen and oxygen atoms in total. The van der Waals surface area contributed by atoms with E-state index < -0.39 is 68.0 Å². The second-order valence-corrected chi connectivity index (χ2v) is 17.6. The number of fused-ring (bicyclic) bond motifs is 2. The maximum absolute atomic E-state index is 14.3. The number of amides is 2. The summed E-state index contributed by atoms with van der Waals surface area (Å²) in [5, 5.41) is 5.91. The molecule has 2 aliphatic rings. The van der Waals surface area contributed by atoms with Gasteiger partial charge in [-0.2, -0.15) is 13.2 Å². The third kappa shape index (κ3) is 10.2. The van der Waals surface area contributed by atoms with Gasteiger partial charge >= 0.3 is 18.2 Å². The van der Waals surface area contributed by atoms with E-state index in [0.29, 0.717) is 55.8 Å². The molecule has 0 unspecified atom stereocenters. The van der Waals surface area contributed by atoms with Gasteiger partial charge in [-0.25, -0.2) is 23.2 Å². The standard InChI is InChI=1S/C34H40ClF3N6O7S2/c1-19(2)18-50-27(45)17-44-10-11-53(48,49)26-14-25(52-29(26)30(44)46)28-22(34(36,37)38)15-40-31(42-28)41-24-13-21-16-43(8-6-20(21)12-23(24)35)9-7-39-32(47)51-33(3,4)5/h12-15,19H,6-11,16-18H2,1-5H3,(H,39,47)(H,40,41,42). The van der Waals surface area contributed by atoms with Crippen LogP contribution in [0.2, 0.25) is 5.02 Å². The number of alkyl carbamates (subject to hydrolysis) is 1. The summed E-state index contributed by atoms with van der Waals surface area (Å²) in [6, 6.07) is 4.52. The Kier molecular flexibility index (Phi) is 12.0. The second kappa shape index (κ2) is 15.8. The van der Waals surface area contributed by atoms with E-state index in [9.17, 15) is 36.0 Å². The molecule has 0 radical (unpaired) electrons. The number of alkyl halides is 3. The van der Waals surface area contributed by atoms with Crippen LogP contribution < -0.4 is 10.6 Å². The van der Waals surface area contributed by atoms with Gasteiger partial charge in [-0.15, -0.1) is 11.3 Å². The molecule has 2 aliphatic heterocycles. The molecule has 5 rings (SSSR count). The first-order valence-electron chi connectivity index (χ1n) is 16.7. The Bertz CT molecular complexity index is 2000. The fourth-order valence-corrected chi connectivity index (χ4v) is 8.77. The topological polar surface area (TPSA) is 160 Å². The number of anilines is 2. The van der Waals surface area contributed by atoms with Crippen molar-refractivity contribution in [3.63, 3.8) is 0 Å². The third-order valence-corrected chi connectivity index (χ3v) is 11.4. The van der Waals surface area contributed by atoms with E-state index in [1.165, 1.54) is 0 Å². The van der Waals surface area contributed by atoms with Crippen LogP contribution in [0.25, 0.3) is 10.6 Å². The maximum Gasteiger partial charge on any atom is 0.420 e. The average Bonchev–Trinajstić information content (AvgIpc) is 3.48. The van der Waals surface area contributed by atoms with Crippen molar-refractivity contribution in [2.24, 2.45) is 5.92 Å². The van der Waals surface area contributed by atoms with Crippen molar-refractivity contribution in [3.05, 3.63) is 51.0 Å². The van der Waals surface area contributed by atoms with Crippen LogP contribution in [0.15, 0.2) is 29.3 Å². The lowest BCUT2D eigenvalue weighted by Gasteiger charge is -2.29. The number of hydrogen-bond donors (Lipinski definition) is 2. The van der Waals surface area contributed by atoms with Crippen LogP contribution in [-0.4, -0.2) is 96.8 Å². The zero-order valence-corrected chi connectivity index (χ0v) is 32.1. The van der Waals surface area contributed by atoms with Crippen LogP contribution in [0.5, 0.6) is 0 Å². The maximum atomic E-state index is 14.3. The van der Waals surface area contributed by atoms with Crippen molar-refractivity contribution in [2.75, 3.05) is 50.4 Å². The van der Waals surface area contributed by atoms with Crippen molar-refractivity contribution in [3.8, 4) is 10.6 Å². The number of carbonyl (C=O) groups is 3. The van der Waals surface area contributed by atoms with E-state index >= 15 is 0 Å². The highest BCUT2D eigenvalue weighted by atomic mass is 35.5. The van der Waals surface area contributed by atoms with Crippen LogP contribution in [0, 0.1) is 5.92 Å². The van der Waals surface area contributed by atoms with E-state index in [0.717, 1.165) is 22.1 Å². The predicted molar refractivity (Wildman–Crippen MR) is 192 cm³/mol. The number of sulfone groups is 1. The molecule has 0 fully saturated rings. The third-order valence-electron chi connectivity index (χ3n) is 8.09.